The van der Waals surface area contributed by atoms with Crippen LogP contribution in [0.15, 0.2) is 0 Å². The van der Waals surface area contributed by atoms with Gasteiger partial charge in [-0.15, -0.1) is 0 Å². The van der Waals surface area contributed by atoms with Gasteiger partial charge >= 0.3 is 0 Å². The number of rotatable bonds is 2. The molecule has 1 fully saturated rings. The van der Waals surface area contributed by atoms with E-state index in [1.807, 2.05) is 0 Å². The smallest absolute Gasteiger partial charge is 0.251 e. The molecule has 0 aliphatic carbocycles. The molecule has 0 radical (unpaired) electrons. The van der Waals surface area contributed by atoms with Crippen LogP contribution in [0.5, 0.6) is 0 Å². The van der Waals surface area contributed by atoms with E-state index in [2.05, 4.69) is 22.6 Å². The van der Waals surface area contributed by atoms with E-state index in [1.165, 1.54) is 0 Å². The highest BCUT2D eigenvalue weighted by molar-refractivity contribution is 14.1. The Morgan fingerprint density at radius 2 is 2.27 bits per heavy atom. The van der Waals surface area contributed by atoms with Crippen LogP contribution < -0.4 is 5.73 Å². The summed E-state index contributed by atoms with van der Waals surface area (Å²) in [5.74, 6) is 0. The minimum atomic E-state index is -2.24. The maximum atomic E-state index is 11.9. The molecule has 2 nitrogen and oxygen atoms in total. The Balaban J connectivity index is 2.36. The summed E-state index contributed by atoms with van der Waals surface area (Å²) in [6.07, 6.45) is -1.40. The summed E-state index contributed by atoms with van der Waals surface area (Å²) in [6.45, 7) is 0.570. The maximum absolute atomic E-state index is 11.9. The summed E-state index contributed by atoms with van der Waals surface area (Å²) in [4.78, 5) is 1.73. The normalized spacial score (nSPS) is 33.5. The Labute approximate surface area is 78.3 Å². The van der Waals surface area contributed by atoms with Gasteiger partial charge in [0.25, 0.3) is 6.43 Å². The summed E-state index contributed by atoms with van der Waals surface area (Å²) in [6, 6.07) is 0.0642. The van der Waals surface area contributed by atoms with Gasteiger partial charge in [0.2, 0.25) is 0 Å². The Kier molecular flexibility index (Phi) is 3.45. The van der Waals surface area contributed by atoms with Crippen molar-refractivity contribution in [1.29, 1.82) is 0 Å². The molecule has 1 aliphatic heterocycles. The molecular weight excluding hydrogens is 265 g/mol. The maximum Gasteiger partial charge on any atom is 0.251 e. The monoisotopic (exact) mass is 276 g/mol. The van der Waals surface area contributed by atoms with E-state index in [9.17, 15) is 8.78 Å². The molecule has 1 aliphatic rings. The number of likely N-dealkylation sites (tertiary alicyclic amines) is 1. The second kappa shape index (κ2) is 3.95. The summed E-state index contributed by atoms with van der Waals surface area (Å²) in [5, 5.41) is 0. The van der Waals surface area contributed by atoms with E-state index < -0.39 is 6.43 Å². The van der Waals surface area contributed by atoms with Gasteiger partial charge in [-0.25, -0.2) is 8.78 Å². The number of hydrogen-bond donors (Lipinski definition) is 1. The van der Waals surface area contributed by atoms with Crippen molar-refractivity contribution < 1.29 is 8.78 Å². The Hall–Kier alpha value is 0.510. The molecule has 0 bridgehead atoms. The van der Waals surface area contributed by atoms with Crippen molar-refractivity contribution in [3.8, 4) is 0 Å². The van der Waals surface area contributed by atoms with Crippen LogP contribution in [0.1, 0.15) is 6.42 Å². The summed E-state index contributed by atoms with van der Waals surface area (Å²) in [7, 11) is 0. The molecular formula is C6H11F2IN2. The van der Waals surface area contributed by atoms with Gasteiger partial charge in [-0.1, -0.05) is 22.6 Å². The summed E-state index contributed by atoms with van der Waals surface area (Å²) in [5.41, 5.74) is 5.65. The molecule has 0 spiro atoms. The highest BCUT2D eigenvalue weighted by atomic mass is 127. The van der Waals surface area contributed by atoms with Crippen LogP contribution in [0.25, 0.3) is 0 Å². The molecule has 0 saturated carbocycles. The molecule has 11 heavy (non-hydrogen) atoms. The molecule has 0 aromatic heterocycles. The van der Waals surface area contributed by atoms with Gasteiger partial charge in [-0.3, -0.25) is 4.90 Å². The molecule has 0 amide bonds. The summed E-state index contributed by atoms with van der Waals surface area (Å²) >= 11 is 2.12. The lowest BCUT2D eigenvalue weighted by Crippen LogP contribution is -2.36. The van der Waals surface area contributed by atoms with Crippen LogP contribution in [-0.2, 0) is 0 Å². The second-order valence-corrected chi connectivity index (χ2v) is 3.99. The number of hydrogen-bond acceptors (Lipinski definition) is 2. The minimum Gasteiger partial charge on any atom is -0.326 e. The molecule has 2 unspecified atom stereocenters. The number of alkyl halides is 3. The highest BCUT2D eigenvalue weighted by Gasteiger charge is 2.30. The van der Waals surface area contributed by atoms with Gasteiger partial charge in [-0.2, -0.15) is 0 Å². The van der Waals surface area contributed by atoms with Crippen LogP contribution in [0.3, 0.4) is 0 Å². The van der Waals surface area contributed by atoms with Crippen molar-refractivity contribution >= 4 is 22.6 Å². The zero-order valence-electron chi connectivity index (χ0n) is 6.01. The third kappa shape index (κ3) is 2.48. The van der Waals surface area contributed by atoms with E-state index in [1.54, 1.807) is 4.90 Å². The Bertz CT molecular complexity index is 134. The average molecular weight is 276 g/mol. The zero-order chi connectivity index (χ0) is 8.43. The first-order valence-electron chi connectivity index (χ1n) is 3.53. The second-order valence-electron chi connectivity index (χ2n) is 2.71. The molecule has 5 heteroatoms. The molecule has 2 N–H and O–H groups in total. The molecule has 1 rings (SSSR count). The molecule has 1 heterocycles. The fourth-order valence-electron chi connectivity index (χ4n) is 1.22. The summed E-state index contributed by atoms with van der Waals surface area (Å²) < 4.78 is 23.9. The lowest BCUT2D eigenvalue weighted by molar-refractivity contribution is 0.0967. The van der Waals surface area contributed by atoms with Crippen LogP contribution in [0.4, 0.5) is 8.78 Å². The van der Waals surface area contributed by atoms with E-state index in [4.69, 9.17) is 5.73 Å². The van der Waals surface area contributed by atoms with Crippen LogP contribution in [-0.4, -0.2) is 34.5 Å². The molecule has 2 atom stereocenters. The Morgan fingerprint density at radius 1 is 1.64 bits per heavy atom. The number of nitrogens with two attached hydrogens (primary N) is 1. The third-order valence-corrected chi connectivity index (χ3v) is 3.54. The van der Waals surface area contributed by atoms with E-state index in [0.29, 0.717) is 6.54 Å². The van der Waals surface area contributed by atoms with Gasteiger partial charge < -0.3 is 5.73 Å². The predicted octanol–water partition coefficient (Wildman–Crippen LogP) is 1.05. The SMILES string of the molecule is NC1CCN(CC(F)F)C1I. The topological polar surface area (TPSA) is 29.3 Å². The molecule has 0 aromatic rings. The van der Waals surface area contributed by atoms with Crippen LogP contribution in [0, 0.1) is 0 Å². The largest absolute Gasteiger partial charge is 0.326 e. The lowest BCUT2D eigenvalue weighted by Gasteiger charge is -2.20. The first-order valence-corrected chi connectivity index (χ1v) is 4.77. The highest BCUT2D eigenvalue weighted by Crippen LogP contribution is 2.22. The molecule has 66 valence electrons. The van der Waals surface area contributed by atoms with E-state index >= 15 is 0 Å². The van der Waals surface area contributed by atoms with Crippen LogP contribution >= 0.6 is 22.6 Å². The molecule has 1 saturated heterocycles. The number of nitrogens with zero attached hydrogens (tertiary/aromatic N) is 1. The van der Waals surface area contributed by atoms with Gasteiger partial charge in [0, 0.05) is 12.6 Å². The zero-order valence-corrected chi connectivity index (χ0v) is 8.17. The average Bonchev–Trinajstić information content (AvgIpc) is 2.18. The third-order valence-electron chi connectivity index (χ3n) is 1.82. The van der Waals surface area contributed by atoms with E-state index in [0.717, 1.165) is 6.42 Å². The Morgan fingerprint density at radius 3 is 2.64 bits per heavy atom. The van der Waals surface area contributed by atoms with Gasteiger partial charge in [-0.05, 0) is 6.42 Å². The van der Waals surface area contributed by atoms with E-state index in [-0.39, 0.29) is 16.6 Å². The lowest BCUT2D eigenvalue weighted by atomic mass is 10.3. The van der Waals surface area contributed by atoms with Gasteiger partial charge in [0.15, 0.2) is 0 Å². The fourth-order valence-corrected chi connectivity index (χ4v) is 2.08. The molecule has 0 aromatic carbocycles. The van der Waals surface area contributed by atoms with Crippen molar-refractivity contribution in [1.82, 2.24) is 4.90 Å². The van der Waals surface area contributed by atoms with Gasteiger partial charge in [0.1, 0.15) is 0 Å². The first-order chi connectivity index (χ1) is 5.11. The quantitative estimate of drug-likeness (QED) is 0.464. The first kappa shape index (κ1) is 9.60. The predicted molar refractivity (Wildman–Crippen MR) is 48.0 cm³/mol. The van der Waals surface area contributed by atoms with Crippen molar-refractivity contribution in [2.45, 2.75) is 22.9 Å². The van der Waals surface area contributed by atoms with Gasteiger partial charge in [0.05, 0.1) is 10.6 Å². The van der Waals surface area contributed by atoms with Crippen molar-refractivity contribution in [3.05, 3.63) is 0 Å². The van der Waals surface area contributed by atoms with Crippen molar-refractivity contribution in [2.75, 3.05) is 13.1 Å². The fraction of sp³-hybridized carbons (Fsp3) is 1.00. The minimum absolute atomic E-state index is 0.0642. The number of halogens is 3. The van der Waals surface area contributed by atoms with Crippen molar-refractivity contribution in [3.63, 3.8) is 0 Å². The standard InChI is InChI=1S/C6H11F2IN2/c7-5(8)3-11-2-1-4(10)6(11)9/h4-6H,1-3,10H2. The van der Waals surface area contributed by atoms with Crippen molar-refractivity contribution in [2.24, 2.45) is 5.73 Å². The van der Waals surface area contributed by atoms with Crippen LogP contribution in [0.2, 0.25) is 0 Å².